The number of aromatic amines is 1. The van der Waals surface area contributed by atoms with Gasteiger partial charge in [0.15, 0.2) is 0 Å². The Bertz CT molecular complexity index is 481. The summed E-state index contributed by atoms with van der Waals surface area (Å²) in [5, 5.41) is 7.27. The molecule has 5 heteroatoms. The van der Waals surface area contributed by atoms with E-state index in [0.29, 0.717) is 12.5 Å². The molecule has 1 aliphatic rings. The maximum absolute atomic E-state index is 12.4. The Morgan fingerprint density at radius 1 is 1.33 bits per heavy atom. The van der Waals surface area contributed by atoms with Crippen LogP contribution in [-0.2, 0) is 11.2 Å². The lowest BCUT2D eigenvalue weighted by atomic mass is 10.1. The molecule has 0 saturated carbocycles. The predicted octanol–water partition coefficient (Wildman–Crippen LogP) is 1.90. The van der Waals surface area contributed by atoms with Crippen LogP contribution in [0.3, 0.4) is 0 Å². The number of carbonyl (C=O) groups excluding carboxylic acids is 1. The van der Waals surface area contributed by atoms with E-state index in [4.69, 9.17) is 0 Å². The second-order valence-corrected chi connectivity index (χ2v) is 6.35. The molecule has 2 heterocycles. The zero-order valence-corrected chi connectivity index (χ0v) is 13.8. The van der Waals surface area contributed by atoms with Crippen LogP contribution in [0.15, 0.2) is 0 Å². The lowest BCUT2D eigenvalue weighted by Gasteiger charge is -2.23. The number of likely N-dealkylation sites (tertiary alicyclic amines) is 1. The molecule has 1 saturated heterocycles. The van der Waals surface area contributed by atoms with Crippen LogP contribution in [-0.4, -0.2) is 59.1 Å². The fourth-order valence-electron chi connectivity index (χ4n) is 3.01. The van der Waals surface area contributed by atoms with Crippen molar-refractivity contribution in [2.45, 2.75) is 52.0 Å². The first-order chi connectivity index (χ1) is 9.99. The maximum Gasteiger partial charge on any atom is 0.222 e. The van der Waals surface area contributed by atoms with Gasteiger partial charge in [-0.05, 0) is 52.8 Å². The number of aromatic nitrogens is 2. The number of H-pyrrole nitrogens is 1. The number of amides is 1. The van der Waals surface area contributed by atoms with Crippen LogP contribution >= 0.6 is 0 Å². The number of carbonyl (C=O) groups is 1. The number of nitrogens with one attached hydrogen (secondary N) is 1. The van der Waals surface area contributed by atoms with Crippen LogP contribution in [0.2, 0.25) is 0 Å². The Hall–Kier alpha value is -1.36. The third kappa shape index (κ3) is 4.06. The van der Waals surface area contributed by atoms with Crippen molar-refractivity contribution in [2.75, 3.05) is 27.2 Å². The van der Waals surface area contributed by atoms with E-state index in [-0.39, 0.29) is 5.91 Å². The van der Waals surface area contributed by atoms with Gasteiger partial charge in [-0.2, -0.15) is 5.10 Å². The number of hydrogen-bond donors (Lipinski definition) is 1. The van der Waals surface area contributed by atoms with Crippen molar-refractivity contribution >= 4 is 5.91 Å². The Kier molecular flexibility index (Phi) is 5.39. The van der Waals surface area contributed by atoms with E-state index < -0.39 is 0 Å². The van der Waals surface area contributed by atoms with E-state index in [1.807, 2.05) is 11.8 Å². The molecule has 5 nitrogen and oxygen atoms in total. The highest BCUT2D eigenvalue weighted by molar-refractivity contribution is 5.76. The van der Waals surface area contributed by atoms with Gasteiger partial charge in [0.25, 0.3) is 0 Å². The summed E-state index contributed by atoms with van der Waals surface area (Å²) in [6, 6.07) is 0.610. The Morgan fingerprint density at radius 3 is 2.71 bits per heavy atom. The molecular formula is C16H28N4O. The molecule has 2 rings (SSSR count). The van der Waals surface area contributed by atoms with Gasteiger partial charge in [-0.25, -0.2) is 0 Å². The zero-order chi connectivity index (χ0) is 15.4. The van der Waals surface area contributed by atoms with E-state index >= 15 is 0 Å². The first-order valence-corrected chi connectivity index (χ1v) is 7.93. The average Bonchev–Trinajstić information content (AvgIpc) is 2.69. The van der Waals surface area contributed by atoms with E-state index in [2.05, 4.69) is 36.1 Å². The minimum absolute atomic E-state index is 0.273. The first-order valence-electron chi connectivity index (χ1n) is 7.93. The Morgan fingerprint density at radius 2 is 2.10 bits per heavy atom. The molecule has 118 valence electrons. The average molecular weight is 292 g/mol. The second kappa shape index (κ2) is 7.07. The molecular weight excluding hydrogens is 264 g/mol. The summed E-state index contributed by atoms with van der Waals surface area (Å²) in [6.07, 6.45) is 4.68. The van der Waals surface area contributed by atoms with Gasteiger partial charge in [-0.1, -0.05) is 0 Å². The monoisotopic (exact) mass is 292 g/mol. The topological polar surface area (TPSA) is 52.2 Å². The number of nitrogens with zero attached hydrogens (tertiary/aromatic N) is 3. The molecule has 1 aromatic rings. The minimum atomic E-state index is 0.273. The molecule has 1 N–H and O–H groups in total. The van der Waals surface area contributed by atoms with Crippen molar-refractivity contribution < 1.29 is 4.79 Å². The van der Waals surface area contributed by atoms with Crippen LogP contribution < -0.4 is 0 Å². The maximum atomic E-state index is 12.4. The molecule has 0 radical (unpaired) electrons. The van der Waals surface area contributed by atoms with Crippen LogP contribution in [0, 0.1) is 13.8 Å². The van der Waals surface area contributed by atoms with Crippen molar-refractivity contribution in [3.05, 3.63) is 17.0 Å². The molecule has 1 fully saturated rings. The summed E-state index contributed by atoms with van der Waals surface area (Å²) in [5.41, 5.74) is 3.31. The minimum Gasteiger partial charge on any atom is -0.343 e. The van der Waals surface area contributed by atoms with Crippen molar-refractivity contribution in [2.24, 2.45) is 0 Å². The highest BCUT2D eigenvalue weighted by Gasteiger charge is 2.21. The molecule has 0 bridgehead atoms. The van der Waals surface area contributed by atoms with Gasteiger partial charge in [0, 0.05) is 37.7 Å². The number of aryl methyl sites for hydroxylation is 2. The summed E-state index contributed by atoms with van der Waals surface area (Å²) in [4.78, 5) is 16.7. The highest BCUT2D eigenvalue weighted by atomic mass is 16.2. The molecule has 21 heavy (non-hydrogen) atoms. The molecule has 0 aromatic carbocycles. The lowest BCUT2D eigenvalue weighted by molar-refractivity contribution is -0.131. The number of rotatable bonds is 4. The SMILES string of the molecule is Cc1[nH]nc(CCC(=O)N2CCC[C@H](N(C)C)CC2)c1C. The molecule has 1 atom stereocenters. The smallest absolute Gasteiger partial charge is 0.222 e. The third-order valence-corrected chi connectivity index (χ3v) is 4.71. The fraction of sp³-hybridized carbons (Fsp3) is 0.750. The standard InChI is InChI=1S/C16H28N4O/c1-12-13(2)17-18-15(12)7-8-16(21)20-10-5-6-14(9-11-20)19(3)4/h14H,5-11H2,1-4H3,(H,17,18)/t14-/m0/s1. The first kappa shape index (κ1) is 16.0. The molecule has 0 spiro atoms. The Labute approximate surface area is 127 Å². The van der Waals surface area contributed by atoms with Crippen molar-refractivity contribution in [3.8, 4) is 0 Å². The van der Waals surface area contributed by atoms with E-state index in [0.717, 1.165) is 43.7 Å². The summed E-state index contributed by atoms with van der Waals surface area (Å²) in [6.45, 7) is 5.87. The quantitative estimate of drug-likeness (QED) is 0.922. The van der Waals surface area contributed by atoms with Gasteiger partial charge >= 0.3 is 0 Å². The second-order valence-electron chi connectivity index (χ2n) is 6.35. The van der Waals surface area contributed by atoms with Gasteiger partial charge in [-0.15, -0.1) is 0 Å². The fourth-order valence-corrected chi connectivity index (χ4v) is 3.01. The van der Waals surface area contributed by atoms with Gasteiger partial charge < -0.3 is 9.80 Å². The van der Waals surface area contributed by atoms with Gasteiger partial charge in [0.05, 0.1) is 5.69 Å². The number of hydrogen-bond acceptors (Lipinski definition) is 3. The Balaban J connectivity index is 1.84. The van der Waals surface area contributed by atoms with Gasteiger partial charge in [0.1, 0.15) is 0 Å². The van der Waals surface area contributed by atoms with E-state index in [1.165, 1.54) is 12.0 Å². The molecule has 1 aliphatic heterocycles. The summed E-state index contributed by atoms with van der Waals surface area (Å²) in [5.74, 6) is 0.273. The van der Waals surface area contributed by atoms with Gasteiger partial charge in [-0.3, -0.25) is 9.89 Å². The summed E-state index contributed by atoms with van der Waals surface area (Å²) < 4.78 is 0. The van der Waals surface area contributed by atoms with E-state index in [1.54, 1.807) is 0 Å². The molecule has 1 amide bonds. The predicted molar refractivity (Wildman–Crippen MR) is 84.3 cm³/mol. The van der Waals surface area contributed by atoms with Crippen LogP contribution in [0.4, 0.5) is 0 Å². The van der Waals surface area contributed by atoms with Crippen LogP contribution in [0.25, 0.3) is 0 Å². The lowest BCUT2D eigenvalue weighted by Crippen LogP contribution is -2.34. The summed E-state index contributed by atoms with van der Waals surface area (Å²) >= 11 is 0. The third-order valence-electron chi connectivity index (χ3n) is 4.71. The zero-order valence-electron chi connectivity index (χ0n) is 13.8. The van der Waals surface area contributed by atoms with Crippen molar-refractivity contribution in [1.82, 2.24) is 20.0 Å². The molecule has 1 aromatic heterocycles. The largest absolute Gasteiger partial charge is 0.343 e. The molecule has 0 unspecified atom stereocenters. The van der Waals surface area contributed by atoms with Crippen LogP contribution in [0.5, 0.6) is 0 Å². The van der Waals surface area contributed by atoms with Gasteiger partial charge in [0.2, 0.25) is 5.91 Å². The molecule has 0 aliphatic carbocycles. The van der Waals surface area contributed by atoms with Crippen molar-refractivity contribution in [1.29, 1.82) is 0 Å². The van der Waals surface area contributed by atoms with Crippen molar-refractivity contribution in [3.63, 3.8) is 0 Å². The van der Waals surface area contributed by atoms with E-state index in [9.17, 15) is 4.79 Å². The normalized spacial score (nSPS) is 19.9. The van der Waals surface area contributed by atoms with Crippen LogP contribution in [0.1, 0.15) is 42.6 Å². The summed E-state index contributed by atoms with van der Waals surface area (Å²) in [7, 11) is 4.26. The highest BCUT2D eigenvalue weighted by Crippen LogP contribution is 2.16.